The van der Waals surface area contributed by atoms with Crippen LogP contribution in [0, 0.1) is 0 Å². The van der Waals surface area contributed by atoms with Crippen LogP contribution in [0.15, 0.2) is 24.3 Å². The molecule has 10 heteroatoms. The van der Waals surface area contributed by atoms with Crippen molar-refractivity contribution in [3.05, 3.63) is 29.8 Å². The van der Waals surface area contributed by atoms with Gasteiger partial charge in [-0.05, 0) is 17.7 Å². The Morgan fingerprint density at radius 3 is 2.52 bits per heavy atom. The maximum absolute atomic E-state index is 12.7. The fourth-order valence-electron chi connectivity index (χ4n) is 2.91. The van der Waals surface area contributed by atoms with Crippen molar-refractivity contribution in [3.63, 3.8) is 0 Å². The molecule has 1 saturated heterocycles. The molecule has 2 atom stereocenters. The van der Waals surface area contributed by atoms with Crippen LogP contribution < -0.4 is 15.4 Å². The van der Waals surface area contributed by atoms with Crippen LogP contribution in [0.3, 0.4) is 0 Å². The van der Waals surface area contributed by atoms with E-state index in [4.69, 9.17) is 9.47 Å². The van der Waals surface area contributed by atoms with Gasteiger partial charge in [0.25, 0.3) is 0 Å². The average Bonchev–Trinajstić information content (AvgIpc) is 2.66. The van der Waals surface area contributed by atoms with Gasteiger partial charge in [-0.2, -0.15) is 4.31 Å². The molecule has 1 heterocycles. The van der Waals surface area contributed by atoms with Crippen LogP contribution in [-0.4, -0.2) is 76.8 Å². The van der Waals surface area contributed by atoms with E-state index in [-0.39, 0.29) is 19.5 Å². The van der Waals surface area contributed by atoms with Crippen LogP contribution in [0.25, 0.3) is 0 Å². The third-order valence-electron chi connectivity index (χ3n) is 4.32. The van der Waals surface area contributed by atoms with Gasteiger partial charge < -0.3 is 20.1 Å². The summed E-state index contributed by atoms with van der Waals surface area (Å²) in [6.07, 6.45) is 1.27. The fourth-order valence-corrected chi connectivity index (χ4v) is 3.96. The summed E-state index contributed by atoms with van der Waals surface area (Å²) in [5, 5.41) is 5.63. The summed E-state index contributed by atoms with van der Waals surface area (Å²) in [5.41, 5.74) is 0.799. The highest BCUT2D eigenvalue weighted by molar-refractivity contribution is 7.88. The number of piperazine rings is 1. The Kier molecular flexibility index (Phi) is 7.17. The van der Waals surface area contributed by atoms with Crippen molar-refractivity contribution in [1.29, 1.82) is 0 Å². The Morgan fingerprint density at radius 2 is 1.96 bits per heavy atom. The molecule has 1 aliphatic rings. The molecule has 0 spiro atoms. The maximum Gasteiger partial charge on any atom is 0.328 e. The summed E-state index contributed by atoms with van der Waals surface area (Å²) < 4.78 is 34.9. The molecule has 2 rings (SSSR count). The first-order valence-corrected chi connectivity index (χ1v) is 10.3. The van der Waals surface area contributed by atoms with Gasteiger partial charge >= 0.3 is 5.97 Å². The van der Waals surface area contributed by atoms with Crippen molar-refractivity contribution >= 4 is 21.9 Å². The van der Waals surface area contributed by atoms with Crippen LogP contribution in [0.1, 0.15) is 5.56 Å². The number of hydrogen-bond acceptors (Lipinski definition) is 7. The minimum absolute atomic E-state index is 0.176. The van der Waals surface area contributed by atoms with Crippen molar-refractivity contribution in [2.24, 2.45) is 0 Å². The molecule has 1 aliphatic heterocycles. The van der Waals surface area contributed by atoms with Gasteiger partial charge in [-0.25, -0.2) is 13.2 Å². The van der Waals surface area contributed by atoms with E-state index >= 15 is 0 Å². The van der Waals surface area contributed by atoms with Crippen molar-refractivity contribution in [3.8, 4) is 5.75 Å². The number of carbonyl (C=O) groups excluding carboxylic acids is 2. The highest BCUT2D eigenvalue weighted by atomic mass is 32.2. The van der Waals surface area contributed by atoms with E-state index in [0.29, 0.717) is 12.3 Å². The molecule has 2 N–H and O–H groups in total. The zero-order chi connectivity index (χ0) is 20.0. The number of carbonyl (C=O) groups is 2. The molecule has 9 nitrogen and oxygen atoms in total. The van der Waals surface area contributed by atoms with Gasteiger partial charge in [0.1, 0.15) is 17.8 Å². The van der Waals surface area contributed by atoms with Gasteiger partial charge in [0.15, 0.2) is 0 Å². The molecule has 27 heavy (non-hydrogen) atoms. The van der Waals surface area contributed by atoms with Gasteiger partial charge in [-0.1, -0.05) is 12.1 Å². The zero-order valence-corrected chi connectivity index (χ0v) is 16.4. The molecule has 0 bridgehead atoms. The molecule has 1 aromatic rings. The van der Waals surface area contributed by atoms with E-state index in [9.17, 15) is 18.0 Å². The van der Waals surface area contributed by atoms with E-state index < -0.39 is 34.0 Å². The Labute approximate surface area is 159 Å². The second-order valence-electron chi connectivity index (χ2n) is 6.23. The highest BCUT2D eigenvalue weighted by Gasteiger charge is 2.36. The van der Waals surface area contributed by atoms with Crippen LogP contribution in [0.2, 0.25) is 0 Å². The largest absolute Gasteiger partial charge is 0.497 e. The third-order valence-corrected chi connectivity index (χ3v) is 5.61. The number of benzene rings is 1. The number of hydrogen-bond donors (Lipinski definition) is 2. The zero-order valence-electron chi connectivity index (χ0n) is 15.6. The lowest BCUT2D eigenvalue weighted by atomic mass is 10.0. The van der Waals surface area contributed by atoms with Crippen LogP contribution in [-0.2, 0) is 30.8 Å². The van der Waals surface area contributed by atoms with Crippen molar-refractivity contribution in [1.82, 2.24) is 14.9 Å². The molecule has 1 fully saturated rings. The lowest BCUT2D eigenvalue weighted by Gasteiger charge is -2.33. The Balaban J connectivity index is 2.14. The van der Waals surface area contributed by atoms with Gasteiger partial charge in [0.2, 0.25) is 15.9 Å². The first-order chi connectivity index (χ1) is 12.8. The Morgan fingerprint density at radius 1 is 1.30 bits per heavy atom. The first-order valence-electron chi connectivity index (χ1n) is 8.45. The Hall–Kier alpha value is -2.17. The normalized spacial score (nSPS) is 19.1. The van der Waals surface area contributed by atoms with Crippen LogP contribution >= 0.6 is 0 Å². The lowest BCUT2D eigenvalue weighted by Crippen LogP contribution is -2.61. The summed E-state index contributed by atoms with van der Waals surface area (Å²) in [5.74, 6) is -0.472. The molecule has 0 aliphatic carbocycles. The molecular formula is C17H25N3O6S. The van der Waals surface area contributed by atoms with Crippen LogP contribution in [0.5, 0.6) is 5.75 Å². The van der Waals surface area contributed by atoms with E-state index in [1.54, 1.807) is 31.4 Å². The van der Waals surface area contributed by atoms with Crippen molar-refractivity contribution in [2.75, 3.05) is 40.1 Å². The van der Waals surface area contributed by atoms with Crippen LogP contribution in [0.4, 0.5) is 0 Å². The monoisotopic (exact) mass is 399 g/mol. The second-order valence-corrected chi connectivity index (χ2v) is 8.17. The van der Waals surface area contributed by atoms with E-state index in [1.807, 2.05) is 0 Å². The first kappa shape index (κ1) is 21.1. The molecule has 0 saturated carbocycles. The predicted octanol–water partition coefficient (Wildman–Crippen LogP) is -0.871. The van der Waals surface area contributed by atoms with E-state index in [2.05, 4.69) is 10.6 Å². The number of methoxy groups -OCH3 is 2. The van der Waals surface area contributed by atoms with E-state index in [1.165, 1.54) is 7.11 Å². The van der Waals surface area contributed by atoms with Gasteiger partial charge in [-0.15, -0.1) is 0 Å². The Bertz CT molecular complexity index is 765. The number of amides is 1. The molecule has 0 unspecified atom stereocenters. The second kappa shape index (κ2) is 9.16. The predicted molar refractivity (Wildman–Crippen MR) is 98.9 cm³/mol. The third kappa shape index (κ3) is 5.65. The summed E-state index contributed by atoms with van der Waals surface area (Å²) in [6, 6.07) is 5.22. The molecule has 1 amide bonds. The summed E-state index contributed by atoms with van der Waals surface area (Å²) in [6.45, 7) is 0.830. The number of esters is 1. The number of sulfonamides is 1. The van der Waals surface area contributed by atoms with Gasteiger partial charge in [0, 0.05) is 26.1 Å². The quantitative estimate of drug-likeness (QED) is 0.573. The average molecular weight is 399 g/mol. The fraction of sp³-hybridized carbons (Fsp3) is 0.529. The molecule has 0 aromatic heterocycles. The standard InChI is InChI=1S/C17H25N3O6S/c1-25-13-6-4-12(5-7-13)10-14(17(22)26-2)19-16(21)15-11-18-8-9-20(15)27(3,23)24/h4-7,14-15,18H,8-11H2,1-3H3,(H,19,21)/t14-,15-/m0/s1. The number of nitrogens with zero attached hydrogens (tertiary/aromatic N) is 1. The minimum Gasteiger partial charge on any atom is -0.497 e. The molecule has 0 radical (unpaired) electrons. The maximum atomic E-state index is 12.7. The summed E-state index contributed by atoms with van der Waals surface area (Å²) in [4.78, 5) is 24.8. The SMILES string of the molecule is COC(=O)[C@H](Cc1ccc(OC)cc1)NC(=O)[C@@H]1CNCCN1S(C)(=O)=O. The highest BCUT2D eigenvalue weighted by Crippen LogP contribution is 2.14. The summed E-state index contributed by atoms with van der Waals surface area (Å²) in [7, 11) is -0.755. The number of ether oxygens (including phenoxy) is 2. The van der Waals surface area contributed by atoms with Gasteiger partial charge in [0.05, 0.1) is 20.5 Å². The van der Waals surface area contributed by atoms with E-state index in [0.717, 1.165) is 16.1 Å². The molecule has 150 valence electrons. The lowest BCUT2D eigenvalue weighted by molar-refractivity contribution is -0.145. The van der Waals surface area contributed by atoms with Gasteiger partial charge in [-0.3, -0.25) is 4.79 Å². The molecule has 1 aromatic carbocycles. The van der Waals surface area contributed by atoms with Crippen molar-refractivity contribution in [2.45, 2.75) is 18.5 Å². The smallest absolute Gasteiger partial charge is 0.328 e. The number of nitrogens with one attached hydrogen (secondary N) is 2. The topological polar surface area (TPSA) is 114 Å². The molecular weight excluding hydrogens is 374 g/mol. The van der Waals surface area contributed by atoms with Crippen molar-refractivity contribution < 1.29 is 27.5 Å². The summed E-state index contributed by atoms with van der Waals surface area (Å²) >= 11 is 0. The minimum atomic E-state index is -3.55. The number of rotatable bonds is 7.